The van der Waals surface area contributed by atoms with E-state index in [1.54, 1.807) is 7.11 Å². The summed E-state index contributed by atoms with van der Waals surface area (Å²) >= 11 is 0. The Kier molecular flexibility index (Phi) is 8.68. The van der Waals surface area contributed by atoms with Crippen molar-refractivity contribution >= 4 is 17.3 Å². The Balaban J connectivity index is 1.43. The van der Waals surface area contributed by atoms with E-state index in [9.17, 15) is 4.79 Å². The molecule has 236 valence electrons. The molecule has 1 aliphatic carbocycles. The molecule has 0 spiro atoms. The average Bonchev–Trinajstić information content (AvgIpc) is 3.56. The first-order valence-corrected chi connectivity index (χ1v) is 14.7. The third kappa shape index (κ3) is 6.41. The summed E-state index contributed by atoms with van der Waals surface area (Å²) < 4.78 is 28.6. The predicted octanol–water partition coefficient (Wildman–Crippen LogP) is 3.80. The lowest BCUT2D eigenvalue weighted by atomic mass is 9.88. The topological polar surface area (TPSA) is 193 Å². The van der Waals surface area contributed by atoms with Crippen molar-refractivity contribution in [1.29, 1.82) is 0 Å². The molecule has 44 heavy (non-hydrogen) atoms. The maximum Gasteiger partial charge on any atom is 0.306 e. The van der Waals surface area contributed by atoms with Gasteiger partial charge in [0.1, 0.15) is 23.4 Å². The van der Waals surface area contributed by atoms with E-state index in [2.05, 4.69) is 0 Å². The number of rotatable bonds is 11. The molecule has 5 rings (SSSR count). The highest BCUT2D eigenvalue weighted by atomic mass is 16.5. The molecule has 0 fully saturated rings. The highest BCUT2D eigenvalue weighted by Crippen LogP contribution is 2.46. The van der Waals surface area contributed by atoms with Gasteiger partial charge in [-0.15, -0.1) is 0 Å². The number of benzene rings is 3. The van der Waals surface area contributed by atoms with Crippen molar-refractivity contribution in [2.24, 2.45) is 17.2 Å². The lowest BCUT2D eigenvalue weighted by molar-refractivity contribution is -0.141. The van der Waals surface area contributed by atoms with E-state index >= 15 is 0 Å². The number of anilines is 2. The Morgan fingerprint density at radius 1 is 1.00 bits per heavy atom. The smallest absolute Gasteiger partial charge is 0.306 e. The number of nitrogens with two attached hydrogens (primary N) is 5. The molecule has 2 atom stereocenters. The molecule has 0 unspecified atom stereocenters. The van der Waals surface area contributed by atoms with Gasteiger partial charge in [-0.3, -0.25) is 22.0 Å². The van der Waals surface area contributed by atoms with Gasteiger partial charge in [0.25, 0.3) is 0 Å². The zero-order valence-corrected chi connectivity index (χ0v) is 25.8. The minimum Gasteiger partial charge on any atom is -0.492 e. The van der Waals surface area contributed by atoms with Crippen LogP contribution in [0.25, 0.3) is 11.1 Å². The van der Waals surface area contributed by atoms with Gasteiger partial charge in [-0.25, -0.2) is 0 Å². The fraction of sp³-hybridized carbons (Fsp3) is 0.424. The van der Waals surface area contributed by atoms with E-state index in [0.717, 1.165) is 34.2 Å². The molecule has 0 radical (unpaired) electrons. The normalized spacial score (nSPS) is 17.5. The summed E-state index contributed by atoms with van der Waals surface area (Å²) in [5.41, 5.74) is 37.2. The second-order valence-electron chi connectivity index (χ2n) is 12.2. The number of hydrogen-bond donors (Lipinski definition) is 5. The maximum absolute atomic E-state index is 11.8. The Hall–Kier alpha value is -4.03. The molecule has 1 heterocycles. The second-order valence-corrected chi connectivity index (χ2v) is 12.2. The fourth-order valence-corrected chi connectivity index (χ4v) is 5.91. The maximum atomic E-state index is 11.8. The van der Waals surface area contributed by atoms with E-state index in [1.807, 2.05) is 56.3 Å². The van der Waals surface area contributed by atoms with Crippen molar-refractivity contribution in [3.8, 4) is 28.4 Å². The van der Waals surface area contributed by atoms with Gasteiger partial charge in [0.15, 0.2) is 5.75 Å². The lowest BCUT2D eigenvalue weighted by Gasteiger charge is -2.26. The van der Waals surface area contributed by atoms with Gasteiger partial charge in [0.05, 0.1) is 43.7 Å². The number of fused-ring (bicyclic) bond motifs is 2. The number of nitrogen functional groups attached to an aromatic ring is 2. The lowest BCUT2D eigenvalue weighted by Crippen LogP contribution is -2.54. The van der Waals surface area contributed by atoms with Crippen LogP contribution in [0.3, 0.4) is 0 Å². The number of carbonyl (C=O) groups is 1. The van der Waals surface area contributed by atoms with Gasteiger partial charge in [-0.05, 0) is 67.1 Å². The summed E-state index contributed by atoms with van der Waals surface area (Å²) in [4.78, 5) is 11.8. The first kappa shape index (κ1) is 31.4. The molecule has 0 amide bonds. The average molecular weight is 606 g/mol. The third-order valence-electron chi connectivity index (χ3n) is 8.54. The number of ether oxygens (including phenoxy) is 5. The Morgan fingerprint density at radius 2 is 1.70 bits per heavy atom. The fourth-order valence-electron chi connectivity index (χ4n) is 5.91. The molecular weight excluding hydrogens is 562 g/mol. The molecule has 3 aromatic carbocycles. The van der Waals surface area contributed by atoms with Gasteiger partial charge in [-0.2, -0.15) is 0 Å². The van der Waals surface area contributed by atoms with Crippen molar-refractivity contribution in [2.75, 3.05) is 38.9 Å². The van der Waals surface area contributed by atoms with Gasteiger partial charge >= 0.3 is 5.97 Å². The quantitative estimate of drug-likeness (QED) is 0.121. The van der Waals surface area contributed by atoms with Crippen LogP contribution in [0.5, 0.6) is 17.2 Å². The number of methoxy groups -OCH3 is 2. The van der Waals surface area contributed by atoms with Crippen LogP contribution >= 0.6 is 0 Å². The Morgan fingerprint density at radius 3 is 2.36 bits per heavy atom. The second kappa shape index (κ2) is 12.2. The van der Waals surface area contributed by atoms with E-state index in [-0.39, 0.29) is 30.0 Å². The van der Waals surface area contributed by atoms with E-state index < -0.39 is 5.79 Å². The zero-order valence-electron chi connectivity index (χ0n) is 25.8. The van der Waals surface area contributed by atoms with Crippen LogP contribution in [0.1, 0.15) is 67.4 Å². The van der Waals surface area contributed by atoms with Gasteiger partial charge < -0.3 is 35.2 Å². The molecule has 11 nitrogen and oxygen atoms in total. The SMILES string of the molecule is COC(=O)C[C@@H]1COc2cc(O[C@@H]3CCc4c3ccc(C(N)(N)N)c4-c3cc(N)c(OCCC(C)(C)OC)c(N)c3)ccc21. The van der Waals surface area contributed by atoms with Crippen LogP contribution < -0.4 is 42.9 Å². The third-order valence-corrected chi connectivity index (χ3v) is 8.54. The molecule has 0 aromatic heterocycles. The summed E-state index contributed by atoms with van der Waals surface area (Å²) in [6.07, 6.45) is 2.12. The van der Waals surface area contributed by atoms with Crippen molar-refractivity contribution in [3.05, 3.63) is 64.7 Å². The summed E-state index contributed by atoms with van der Waals surface area (Å²) in [5, 5.41) is 0. The molecule has 0 bridgehead atoms. The summed E-state index contributed by atoms with van der Waals surface area (Å²) in [5.74, 6) is -0.114. The first-order valence-electron chi connectivity index (χ1n) is 14.7. The number of esters is 1. The van der Waals surface area contributed by atoms with Crippen LogP contribution in [0, 0.1) is 0 Å². The van der Waals surface area contributed by atoms with Gasteiger partial charge in [0.2, 0.25) is 0 Å². The molecule has 0 saturated heterocycles. The molecule has 2 aliphatic rings. The van der Waals surface area contributed by atoms with Gasteiger partial charge in [-0.1, -0.05) is 18.2 Å². The minimum atomic E-state index is -1.61. The van der Waals surface area contributed by atoms with Crippen molar-refractivity contribution < 1.29 is 28.5 Å². The molecule has 0 saturated carbocycles. The Labute approximate surface area is 257 Å². The standard InChI is InChI=1S/C33H43N5O6/c1-32(2,41-4)11-12-42-31-25(34)13-18(14-26(31)35)30-23-8-10-27(22(23)7-9-24(30)33(36,37)38)44-20-5-6-21-19(15-29(39)40-3)17-43-28(21)16-20/h5-7,9,13-14,16,19,27H,8,10-12,15,17,34-38H2,1-4H3/t19-,27-/m1/s1. The van der Waals surface area contributed by atoms with Crippen molar-refractivity contribution in [2.45, 2.75) is 62.9 Å². The van der Waals surface area contributed by atoms with Crippen LogP contribution in [0.4, 0.5) is 11.4 Å². The molecule has 11 heteroatoms. The van der Waals surface area contributed by atoms with Crippen LogP contribution in [-0.2, 0) is 26.5 Å². The molecule has 1 aliphatic heterocycles. The van der Waals surface area contributed by atoms with E-state index in [1.165, 1.54) is 7.11 Å². The number of carbonyl (C=O) groups excluding carboxylic acids is 1. The van der Waals surface area contributed by atoms with Crippen molar-refractivity contribution in [1.82, 2.24) is 0 Å². The number of hydrogen-bond acceptors (Lipinski definition) is 11. The monoisotopic (exact) mass is 605 g/mol. The zero-order chi connectivity index (χ0) is 31.8. The van der Waals surface area contributed by atoms with Gasteiger partial charge in [0, 0.05) is 36.6 Å². The highest BCUT2D eigenvalue weighted by Gasteiger charge is 2.33. The minimum absolute atomic E-state index is 0.0439. The molecule has 10 N–H and O–H groups in total. The van der Waals surface area contributed by atoms with Crippen LogP contribution in [0.2, 0.25) is 0 Å². The van der Waals surface area contributed by atoms with Crippen LogP contribution in [-0.4, -0.2) is 39.0 Å². The summed E-state index contributed by atoms with van der Waals surface area (Å²) in [7, 11) is 3.05. The van der Waals surface area contributed by atoms with E-state index in [0.29, 0.717) is 60.2 Å². The molecule has 3 aromatic rings. The van der Waals surface area contributed by atoms with E-state index in [4.69, 9.17) is 52.4 Å². The summed E-state index contributed by atoms with van der Waals surface area (Å²) in [6.45, 7) is 4.78. The Bertz CT molecular complexity index is 1530. The predicted molar refractivity (Wildman–Crippen MR) is 169 cm³/mol. The van der Waals surface area contributed by atoms with Crippen molar-refractivity contribution in [3.63, 3.8) is 0 Å². The highest BCUT2D eigenvalue weighted by molar-refractivity contribution is 5.83. The molecular formula is C33H43N5O6. The largest absolute Gasteiger partial charge is 0.492 e. The first-order chi connectivity index (χ1) is 20.8. The summed E-state index contributed by atoms with van der Waals surface area (Å²) in [6, 6.07) is 13.2. The van der Waals surface area contributed by atoms with Crippen LogP contribution in [0.15, 0.2) is 42.5 Å².